The van der Waals surface area contributed by atoms with E-state index in [0.717, 1.165) is 15.6 Å². The molecule has 1 N–H and O–H groups in total. The summed E-state index contributed by atoms with van der Waals surface area (Å²) in [7, 11) is 0. The fourth-order valence-corrected chi connectivity index (χ4v) is 4.78. The van der Waals surface area contributed by atoms with Gasteiger partial charge < -0.3 is 10.1 Å². The van der Waals surface area contributed by atoms with Gasteiger partial charge in [0, 0.05) is 16.5 Å². The maximum atomic E-state index is 12.8. The number of rotatable bonds is 5. The Morgan fingerprint density at radius 2 is 2.07 bits per heavy atom. The van der Waals surface area contributed by atoms with Crippen molar-refractivity contribution >= 4 is 40.5 Å². The number of thioether (sulfide) groups is 1. The van der Waals surface area contributed by atoms with E-state index in [0.29, 0.717) is 17.0 Å². The third-order valence-corrected chi connectivity index (χ3v) is 6.17. The number of ketones is 1. The molecule has 0 aliphatic carbocycles. The first-order valence-corrected chi connectivity index (χ1v) is 10.1. The number of fused-ring (bicyclic) bond motifs is 1. The number of nitrogens with one attached hydrogen (secondary N) is 1. The van der Waals surface area contributed by atoms with Crippen LogP contribution >= 0.6 is 23.1 Å². The summed E-state index contributed by atoms with van der Waals surface area (Å²) in [6, 6.07) is 15.1. The lowest BCUT2D eigenvalue weighted by Gasteiger charge is -2.18. The molecule has 1 aliphatic rings. The van der Waals surface area contributed by atoms with Crippen LogP contribution in [0.3, 0.4) is 0 Å². The summed E-state index contributed by atoms with van der Waals surface area (Å²) >= 11 is 2.97. The largest absolute Gasteiger partial charge is 0.482 e. The molecule has 0 spiro atoms. The molecule has 1 aromatic heterocycles. The third-order valence-electron chi connectivity index (χ3n) is 4.10. The van der Waals surface area contributed by atoms with Crippen molar-refractivity contribution in [1.29, 1.82) is 0 Å². The second-order valence-corrected chi connectivity index (χ2v) is 8.48. The van der Waals surface area contributed by atoms with Gasteiger partial charge in [-0.25, -0.2) is 4.98 Å². The molecule has 0 bridgehead atoms. The smallest absolute Gasteiger partial charge is 0.262 e. The van der Waals surface area contributed by atoms with E-state index in [9.17, 15) is 9.59 Å². The number of amides is 1. The summed E-state index contributed by atoms with van der Waals surface area (Å²) in [6.07, 6.45) is 0. The van der Waals surface area contributed by atoms with E-state index in [1.807, 2.05) is 42.6 Å². The SMILES string of the molecule is CC(Sc1nc(-c2ccccc2)cs1)C(=O)c1ccc2c(c1)NC(=O)CO2. The number of carbonyl (C=O) groups is 2. The molecule has 7 heteroatoms. The predicted octanol–water partition coefficient (Wildman–Crippen LogP) is 4.50. The van der Waals surface area contributed by atoms with E-state index in [1.165, 1.54) is 23.1 Å². The second kappa shape index (κ2) is 7.54. The van der Waals surface area contributed by atoms with E-state index in [4.69, 9.17) is 4.74 Å². The summed E-state index contributed by atoms with van der Waals surface area (Å²) in [5, 5.41) is 4.44. The summed E-state index contributed by atoms with van der Waals surface area (Å²) in [6.45, 7) is 1.87. The Bertz CT molecular complexity index is 1000. The van der Waals surface area contributed by atoms with Gasteiger partial charge in [0.25, 0.3) is 5.91 Å². The van der Waals surface area contributed by atoms with Gasteiger partial charge in [0.05, 0.1) is 16.6 Å². The Hall–Kier alpha value is -2.64. The van der Waals surface area contributed by atoms with Gasteiger partial charge in [-0.2, -0.15) is 0 Å². The van der Waals surface area contributed by atoms with E-state index in [1.54, 1.807) is 18.2 Å². The number of ether oxygens (including phenoxy) is 1. The number of carbonyl (C=O) groups excluding carboxylic acids is 2. The molecule has 0 saturated carbocycles. The molecule has 0 fully saturated rings. The zero-order valence-corrected chi connectivity index (χ0v) is 16.1. The summed E-state index contributed by atoms with van der Waals surface area (Å²) in [5.41, 5.74) is 3.05. The number of hydrogen-bond acceptors (Lipinski definition) is 6. The molecule has 4 rings (SSSR count). The number of thiazole rings is 1. The molecule has 136 valence electrons. The van der Waals surface area contributed by atoms with Crippen molar-refractivity contribution in [3.05, 3.63) is 59.5 Å². The Morgan fingerprint density at radius 3 is 2.89 bits per heavy atom. The Morgan fingerprint density at radius 1 is 1.26 bits per heavy atom. The van der Waals surface area contributed by atoms with Gasteiger partial charge in [-0.1, -0.05) is 42.1 Å². The number of hydrogen-bond donors (Lipinski definition) is 1. The molecule has 27 heavy (non-hydrogen) atoms. The van der Waals surface area contributed by atoms with Gasteiger partial charge in [0.15, 0.2) is 16.7 Å². The minimum Gasteiger partial charge on any atom is -0.482 e. The van der Waals surface area contributed by atoms with E-state index in [-0.39, 0.29) is 23.5 Å². The van der Waals surface area contributed by atoms with Gasteiger partial charge >= 0.3 is 0 Å². The average molecular weight is 396 g/mol. The van der Waals surface area contributed by atoms with Crippen LogP contribution in [-0.4, -0.2) is 28.5 Å². The molecule has 2 heterocycles. The highest BCUT2D eigenvalue weighted by Crippen LogP contribution is 2.33. The van der Waals surface area contributed by atoms with Crippen LogP contribution in [-0.2, 0) is 4.79 Å². The molecular weight excluding hydrogens is 380 g/mol. The molecule has 2 aromatic carbocycles. The third kappa shape index (κ3) is 3.89. The highest BCUT2D eigenvalue weighted by Gasteiger charge is 2.22. The van der Waals surface area contributed by atoms with Crippen LogP contribution in [0.4, 0.5) is 5.69 Å². The summed E-state index contributed by atoms with van der Waals surface area (Å²) in [5.74, 6) is 0.351. The second-order valence-electron chi connectivity index (χ2n) is 6.04. The summed E-state index contributed by atoms with van der Waals surface area (Å²) in [4.78, 5) is 28.9. The fourth-order valence-electron chi connectivity index (χ4n) is 2.73. The zero-order chi connectivity index (χ0) is 18.8. The molecule has 1 unspecified atom stereocenters. The highest BCUT2D eigenvalue weighted by molar-refractivity contribution is 8.02. The van der Waals surface area contributed by atoms with Gasteiger partial charge in [0.1, 0.15) is 5.75 Å². The van der Waals surface area contributed by atoms with Crippen LogP contribution in [0.15, 0.2) is 58.3 Å². The molecule has 3 aromatic rings. The molecule has 1 atom stereocenters. The van der Waals surface area contributed by atoms with Crippen molar-refractivity contribution in [2.45, 2.75) is 16.5 Å². The van der Waals surface area contributed by atoms with E-state index < -0.39 is 0 Å². The van der Waals surface area contributed by atoms with Crippen LogP contribution in [0.2, 0.25) is 0 Å². The predicted molar refractivity (Wildman–Crippen MR) is 108 cm³/mol. The minimum absolute atomic E-state index is 0.000340. The van der Waals surface area contributed by atoms with Gasteiger partial charge in [-0.15, -0.1) is 11.3 Å². The lowest BCUT2D eigenvalue weighted by Crippen LogP contribution is -2.25. The number of benzene rings is 2. The Labute approximate surface area is 164 Å². The molecule has 0 radical (unpaired) electrons. The van der Waals surface area contributed by atoms with Crippen LogP contribution in [0, 0.1) is 0 Å². The first-order chi connectivity index (χ1) is 13.1. The quantitative estimate of drug-likeness (QED) is 0.508. The topological polar surface area (TPSA) is 68.3 Å². The maximum absolute atomic E-state index is 12.8. The molecular formula is C20H16N2O3S2. The number of Topliss-reactive ketones (excluding diaryl/α,β-unsaturated/α-hetero) is 1. The normalized spacial score (nSPS) is 14.0. The average Bonchev–Trinajstić information content (AvgIpc) is 3.16. The Kier molecular flexibility index (Phi) is 4.96. The maximum Gasteiger partial charge on any atom is 0.262 e. The number of nitrogens with zero attached hydrogens (tertiary/aromatic N) is 1. The lowest BCUT2D eigenvalue weighted by molar-refractivity contribution is -0.118. The van der Waals surface area contributed by atoms with Crippen LogP contribution in [0.25, 0.3) is 11.3 Å². The van der Waals surface area contributed by atoms with Crippen molar-refractivity contribution in [2.24, 2.45) is 0 Å². The summed E-state index contributed by atoms with van der Waals surface area (Å²) < 4.78 is 6.19. The molecule has 0 saturated heterocycles. The lowest BCUT2D eigenvalue weighted by atomic mass is 10.1. The van der Waals surface area contributed by atoms with E-state index in [2.05, 4.69) is 10.3 Å². The van der Waals surface area contributed by atoms with Crippen LogP contribution in [0.5, 0.6) is 5.75 Å². The van der Waals surface area contributed by atoms with Crippen molar-refractivity contribution in [1.82, 2.24) is 4.98 Å². The van der Waals surface area contributed by atoms with Crippen molar-refractivity contribution in [3.8, 4) is 17.0 Å². The van der Waals surface area contributed by atoms with Crippen molar-refractivity contribution in [2.75, 3.05) is 11.9 Å². The zero-order valence-electron chi connectivity index (χ0n) is 14.5. The fraction of sp³-hybridized carbons (Fsp3) is 0.150. The molecule has 5 nitrogen and oxygen atoms in total. The first-order valence-electron chi connectivity index (χ1n) is 8.38. The molecule has 1 amide bonds. The Balaban J connectivity index is 1.48. The standard InChI is InChI=1S/C20H16N2O3S2/c1-12(27-20-22-16(11-26-20)13-5-3-2-4-6-13)19(24)14-7-8-17-15(9-14)21-18(23)10-25-17/h2-9,11-12H,10H2,1H3,(H,21,23). The number of aromatic nitrogens is 1. The van der Waals surface area contributed by atoms with Crippen LogP contribution in [0.1, 0.15) is 17.3 Å². The van der Waals surface area contributed by atoms with Gasteiger partial charge in [-0.05, 0) is 25.1 Å². The van der Waals surface area contributed by atoms with Crippen LogP contribution < -0.4 is 10.1 Å². The minimum atomic E-state index is -0.293. The number of anilines is 1. The monoisotopic (exact) mass is 396 g/mol. The molecule has 1 aliphatic heterocycles. The van der Waals surface area contributed by atoms with Gasteiger partial charge in [0.2, 0.25) is 0 Å². The van der Waals surface area contributed by atoms with Crippen molar-refractivity contribution < 1.29 is 14.3 Å². The highest BCUT2D eigenvalue weighted by atomic mass is 32.2. The van der Waals surface area contributed by atoms with E-state index >= 15 is 0 Å². The van der Waals surface area contributed by atoms with Crippen molar-refractivity contribution in [3.63, 3.8) is 0 Å². The van der Waals surface area contributed by atoms with Gasteiger partial charge in [-0.3, -0.25) is 9.59 Å². The first kappa shape index (κ1) is 17.8.